The Balaban J connectivity index is 1.30. The summed E-state index contributed by atoms with van der Waals surface area (Å²) in [6.45, 7) is 13.7. The molecule has 2 aromatic heterocycles. The predicted molar refractivity (Wildman–Crippen MR) is 253 cm³/mol. The van der Waals surface area contributed by atoms with E-state index < -0.39 is 0 Å². The van der Waals surface area contributed by atoms with Crippen molar-refractivity contribution in [2.45, 2.75) is 58.8 Å². The minimum Gasteiger partial charge on any atom is -0.292 e. The second-order valence-electron chi connectivity index (χ2n) is 17.9. The molecule has 3 nitrogen and oxygen atoms in total. The summed E-state index contributed by atoms with van der Waals surface area (Å²) in [4.78, 5) is 10.7. The van der Waals surface area contributed by atoms with Gasteiger partial charge in [-0.15, -0.1) is 0 Å². The standard InChI is InChI=1S/C57H51N3/c1-56(2,3)45-31-29-43(49(37-45)51-36-42(33-34-58-51)39-19-10-7-11-20-39)35-44-30-32-46(57(4,5)6)38-50(44)55-59-54-48(41-23-14-9-15-24-41)26-18-28-53(54)60(55)52-27-17-16-25-47(52)40-21-12-8-13-22-40/h7-34,36-38H,35H2,1-6H3. The minimum atomic E-state index is -0.0808. The molecule has 3 heteroatoms. The summed E-state index contributed by atoms with van der Waals surface area (Å²) in [5.74, 6) is 0.926. The molecule has 60 heavy (non-hydrogen) atoms. The van der Waals surface area contributed by atoms with Crippen LogP contribution in [-0.4, -0.2) is 14.5 Å². The molecule has 0 amide bonds. The van der Waals surface area contributed by atoms with Crippen molar-refractivity contribution >= 4 is 11.0 Å². The fourth-order valence-electron chi connectivity index (χ4n) is 8.34. The van der Waals surface area contributed by atoms with Crippen molar-refractivity contribution in [3.8, 4) is 61.7 Å². The Morgan fingerprint density at radius 2 is 0.967 bits per heavy atom. The number of imidazole rings is 1. The zero-order valence-corrected chi connectivity index (χ0v) is 35.4. The van der Waals surface area contributed by atoms with Crippen LogP contribution in [0.15, 0.2) is 188 Å². The molecule has 0 N–H and O–H groups in total. The van der Waals surface area contributed by atoms with Gasteiger partial charge in [-0.2, -0.15) is 0 Å². The Kier molecular flexibility index (Phi) is 10.1. The molecule has 0 bridgehead atoms. The van der Waals surface area contributed by atoms with E-state index in [9.17, 15) is 0 Å². The molecular weight excluding hydrogens is 727 g/mol. The number of hydrogen-bond donors (Lipinski definition) is 0. The number of nitrogens with zero attached hydrogens (tertiary/aromatic N) is 3. The number of benzene rings is 7. The third-order valence-electron chi connectivity index (χ3n) is 11.7. The second-order valence-corrected chi connectivity index (χ2v) is 17.9. The van der Waals surface area contributed by atoms with Crippen LogP contribution < -0.4 is 0 Å². The first-order valence-electron chi connectivity index (χ1n) is 21.0. The number of pyridine rings is 1. The summed E-state index contributed by atoms with van der Waals surface area (Å²) >= 11 is 0. The predicted octanol–water partition coefficient (Wildman–Crippen LogP) is 14.9. The first-order chi connectivity index (χ1) is 29.0. The molecule has 0 saturated heterocycles. The van der Waals surface area contributed by atoms with Gasteiger partial charge < -0.3 is 0 Å². The van der Waals surface area contributed by atoms with Gasteiger partial charge in [-0.25, -0.2) is 4.98 Å². The largest absolute Gasteiger partial charge is 0.292 e. The molecule has 7 aromatic carbocycles. The van der Waals surface area contributed by atoms with E-state index in [2.05, 4.69) is 228 Å². The highest BCUT2D eigenvalue weighted by Gasteiger charge is 2.25. The van der Waals surface area contributed by atoms with Crippen LogP contribution in [0.5, 0.6) is 0 Å². The summed E-state index contributed by atoms with van der Waals surface area (Å²) in [5.41, 5.74) is 18.2. The first kappa shape index (κ1) is 38.7. The Hall–Kier alpha value is -6.84. The molecule has 0 aliphatic rings. The van der Waals surface area contributed by atoms with E-state index in [1.54, 1.807) is 0 Å². The maximum Gasteiger partial charge on any atom is 0.146 e. The lowest BCUT2D eigenvalue weighted by molar-refractivity contribution is 0.590. The van der Waals surface area contributed by atoms with Crippen molar-refractivity contribution in [1.29, 1.82) is 0 Å². The summed E-state index contributed by atoms with van der Waals surface area (Å²) in [5, 5.41) is 0. The Morgan fingerprint density at radius 3 is 1.60 bits per heavy atom. The van der Waals surface area contributed by atoms with Gasteiger partial charge in [0.2, 0.25) is 0 Å². The Bertz CT molecular complexity index is 2950. The summed E-state index contributed by atoms with van der Waals surface area (Å²) < 4.78 is 2.41. The number of para-hydroxylation sites is 2. The van der Waals surface area contributed by atoms with E-state index in [0.717, 1.165) is 67.2 Å². The SMILES string of the molecule is CC(C)(C)c1ccc(Cc2ccc(C(C)(C)C)cc2-c2nc3c(-c4ccccc4)cccc3n2-c2ccccc2-c2ccccc2)c(-c2cc(-c3ccccc3)ccn2)c1. The van der Waals surface area contributed by atoms with Crippen molar-refractivity contribution in [2.75, 3.05) is 0 Å². The van der Waals surface area contributed by atoms with Gasteiger partial charge >= 0.3 is 0 Å². The molecule has 0 fully saturated rings. The van der Waals surface area contributed by atoms with Crippen molar-refractivity contribution < 1.29 is 0 Å². The molecule has 0 saturated carbocycles. The van der Waals surface area contributed by atoms with Gasteiger partial charge in [0.15, 0.2) is 0 Å². The molecule has 0 aliphatic carbocycles. The number of rotatable bonds is 8. The third-order valence-corrected chi connectivity index (χ3v) is 11.7. The summed E-state index contributed by atoms with van der Waals surface area (Å²) in [6, 6.07) is 65.7. The maximum absolute atomic E-state index is 5.72. The molecular formula is C57H51N3. The van der Waals surface area contributed by atoms with Crippen molar-refractivity contribution in [3.05, 3.63) is 210 Å². The van der Waals surface area contributed by atoms with Gasteiger partial charge in [-0.1, -0.05) is 187 Å². The Labute approximate surface area is 355 Å². The number of hydrogen-bond acceptors (Lipinski definition) is 2. The first-order valence-corrected chi connectivity index (χ1v) is 21.0. The van der Waals surface area contributed by atoms with E-state index in [1.165, 1.54) is 27.8 Å². The van der Waals surface area contributed by atoms with Crippen LogP contribution in [0.2, 0.25) is 0 Å². The van der Waals surface area contributed by atoms with E-state index in [1.807, 2.05) is 6.20 Å². The van der Waals surface area contributed by atoms with Gasteiger partial charge in [0.05, 0.1) is 22.4 Å². The second kappa shape index (κ2) is 15.7. The van der Waals surface area contributed by atoms with Gasteiger partial charge in [0, 0.05) is 28.5 Å². The normalized spacial score (nSPS) is 11.9. The van der Waals surface area contributed by atoms with Crippen molar-refractivity contribution in [1.82, 2.24) is 14.5 Å². The van der Waals surface area contributed by atoms with E-state index in [4.69, 9.17) is 9.97 Å². The topological polar surface area (TPSA) is 30.7 Å². The number of fused-ring (bicyclic) bond motifs is 1. The lowest BCUT2D eigenvalue weighted by atomic mass is 9.82. The smallest absolute Gasteiger partial charge is 0.146 e. The monoisotopic (exact) mass is 777 g/mol. The summed E-state index contributed by atoms with van der Waals surface area (Å²) in [6.07, 6.45) is 2.65. The number of aromatic nitrogens is 3. The fourth-order valence-corrected chi connectivity index (χ4v) is 8.34. The van der Waals surface area contributed by atoms with Crippen LogP contribution in [0.4, 0.5) is 0 Å². The van der Waals surface area contributed by atoms with Crippen molar-refractivity contribution in [3.63, 3.8) is 0 Å². The molecule has 294 valence electrons. The maximum atomic E-state index is 5.72. The average molecular weight is 778 g/mol. The van der Waals surface area contributed by atoms with E-state index in [-0.39, 0.29) is 10.8 Å². The molecule has 0 unspecified atom stereocenters. The highest BCUT2D eigenvalue weighted by molar-refractivity contribution is 5.97. The van der Waals surface area contributed by atoms with Crippen LogP contribution in [0, 0.1) is 0 Å². The van der Waals surface area contributed by atoms with Crippen LogP contribution >= 0.6 is 0 Å². The van der Waals surface area contributed by atoms with E-state index >= 15 is 0 Å². The lowest BCUT2D eigenvalue weighted by Crippen LogP contribution is -2.13. The quantitative estimate of drug-likeness (QED) is 0.154. The molecule has 9 aromatic rings. The zero-order valence-electron chi connectivity index (χ0n) is 35.4. The summed E-state index contributed by atoms with van der Waals surface area (Å²) in [7, 11) is 0. The van der Waals surface area contributed by atoms with Crippen LogP contribution in [0.1, 0.15) is 63.8 Å². The molecule has 2 heterocycles. The zero-order chi connectivity index (χ0) is 41.4. The molecule has 0 radical (unpaired) electrons. The van der Waals surface area contributed by atoms with Crippen LogP contribution in [0.25, 0.3) is 72.7 Å². The van der Waals surface area contributed by atoms with Gasteiger partial charge in [0.1, 0.15) is 5.82 Å². The minimum absolute atomic E-state index is 0.0305. The van der Waals surface area contributed by atoms with Gasteiger partial charge in [-0.3, -0.25) is 9.55 Å². The molecule has 0 spiro atoms. The Morgan fingerprint density at radius 1 is 0.433 bits per heavy atom. The van der Waals surface area contributed by atoms with Crippen molar-refractivity contribution in [2.24, 2.45) is 0 Å². The van der Waals surface area contributed by atoms with Gasteiger partial charge in [-0.05, 0) is 98.2 Å². The molecule has 0 atom stereocenters. The fraction of sp³-hybridized carbons (Fsp3) is 0.158. The highest BCUT2D eigenvalue weighted by atomic mass is 15.1. The third kappa shape index (κ3) is 7.60. The molecule has 0 aliphatic heterocycles. The highest BCUT2D eigenvalue weighted by Crippen LogP contribution is 2.41. The van der Waals surface area contributed by atoms with Gasteiger partial charge in [0.25, 0.3) is 0 Å². The van der Waals surface area contributed by atoms with E-state index in [0.29, 0.717) is 6.42 Å². The lowest BCUT2D eigenvalue weighted by Gasteiger charge is -2.24. The molecule has 9 rings (SSSR count). The van der Waals surface area contributed by atoms with Crippen LogP contribution in [0.3, 0.4) is 0 Å². The average Bonchev–Trinajstić information content (AvgIpc) is 3.66. The van der Waals surface area contributed by atoms with Crippen LogP contribution in [-0.2, 0) is 17.3 Å².